The molecule has 0 spiro atoms. The maximum Gasteiger partial charge on any atom is 0.321 e. The first-order valence-corrected chi connectivity index (χ1v) is 15.9. The summed E-state index contributed by atoms with van der Waals surface area (Å²) in [6.45, 7) is 2.81. The summed E-state index contributed by atoms with van der Waals surface area (Å²) >= 11 is 0. The van der Waals surface area contributed by atoms with Gasteiger partial charge >= 0.3 is 11.9 Å². The minimum Gasteiger partial charge on any atom is -0.481 e. The molecular weight excluding hydrogens is 650 g/mol. The van der Waals surface area contributed by atoms with Gasteiger partial charge in [-0.2, -0.15) is 0 Å². The fourth-order valence-electron chi connectivity index (χ4n) is 4.67. The molecule has 1 rings (SSSR count). The summed E-state index contributed by atoms with van der Waals surface area (Å²) in [5, 5.41) is 34.4. The van der Waals surface area contributed by atoms with Crippen LogP contribution in [0.3, 0.4) is 0 Å². The van der Waals surface area contributed by atoms with E-state index in [9.17, 15) is 28.8 Å². The van der Waals surface area contributed by atoms with E-state index in [0.29, 0.717) is 39.3 Å². The molecule has 0 aliphatic carbocycles. The zero-order valence-electron chi connectivity index (χ0n) is 28.1. The highest BCUT2D eigenvalue weighted by Crippen LogP contribution is 2.03. The van der Waals surface area contributed by atoms with Gasteiger partial charge in [0.15, 0.2) is 0 Å². The molecule has 2 atom stereocenters. The van der Waals surface area contributed by atoms with E-state index in [4.69, 9.17) is 29.5 Å². The van der Waals surface area contributed by atoms with Crippen molar-refractivity contribution in [3.63, 3.8) is 0 Å². The first kappa shape index (κ1) is 42.9. The van der Waals surface area contributed by atoms with Crippen molar-refractivity contribution in [1.82, 2.24) is 46.6 Å². The average Bonchev–Trinajstić information content (AvgIpc) is 3.06. The summed E-state index contributed by atoms with van der Waals surface area (Å²) in [6.07, 6.45) is 15.2. The van der Waals surface area contributed by atoms with Crippen LogP contribution in [0.4, 0.5) is 0 Å². The van der Waals surface area contributed by atoms with Gasteiger partial charge in [-0.25, -0.2) is 0 Å². The number of carboxylic acid groups (broad SMARTS) is 2. The van der Waals surface area contributed by atoms with E-state index in [-0.39, 0.29) is 89.0 Å². The number of nitrogens with zero attached hydrogens (tertiary/aromatic N) is 3. The predicted octanol–water partition coefficient (Wildman–Crippen LogP) is -4.86. The quantitative estimate of drug-likeness (QED) is 0.0669. The number of carbonyl (C=O) groups is 6. The van der Waals surface area contributed by atoms with Crippen molar-refractivity contribution in [3.05, 3.63) is 0 Å². The van der Waals surface area contributed by atoms with Crippen LogP contribution in [0, 0.1) is 48.9 Å². The van der Waals surface area contributed by atoms with Crippen LogP contribution in [0.2, 0.25) is 0 Å². The molecule has 1 saturated heterocycles. The summed E-state index contributed by atoms with van der Waals surface area (Å²) in [5.41, 5.74) is 0. The number of carboxylic acids is 2. The largest absolute Gasteiger partial charge is 0.481 e. The van der Waals surface area contributed by atoms with Crippen molar-refractivity contribution in [2.24, 2.45) is 0 Å². The van der Waals surface area contributed by atoms with Crippen LogP contribution in [0.25, 0.3) is 0 Å². The number of aliphatic carboxylic acids is 2. The van der Waals surface area contributed by atoms with Gasteiger partial charge in [0.1, 0.15) is 6.04 Å². The lowest BCUT2D eigenvalue weighted by Gasteiger charge is -2.33. The summed E-state index contributed by atoms with van der Waals surface area (Å²) in [4.78, 5) is 78.3. The maximum atomic E-state index is 12.9. The molecule has 1 heterocycles. The minimum atomic E-state index is -1.32. The molecule has 0 aromatic carbocycles. The topological polar surface area (TPSA) is 225 Å². The van der Waals surface area contributed by atoms with Crippen molar-refractivity contribution >= 4 is 35.6 Å². The summed E-state index contributed by atoms with van der Waals surface area (Å²) in [7, 11) is 0. The normalized spacial score (nSPS) is 16.5. The highest BCUT2D eigenvalue weighted by molar-refractivity contribution is 5.81. The van der Waals surface area contributed by atoms with Gasteiger partial charge in [-0.05, 0) is 0 Å². The zero-order valence-corrected chi connectivity index (χ0v) is 28.1. The molecule has 1 aliphatic rings. The highest BCUT2D eigenvalue weighted by atomic mass is 16.4. The standard InChI is InChI=1S/C33H47N9O8/c1-4-9-36-29(44)23-40-15-14-34-26(20-28(43)39-13-8-7-12-35-27(33(49)50)21-32(47)48)22-42(25-31(46)38-11-6-3)19-18-41(17-16-40)24-30(45)37-10-5-2/h1-3,26-27,34-35H,9-25H2,(H,36,44)(H,37,45)(H,38,46)(H,39,43)(H,47,48)(H,49,50)/t26?,27-/m0/s1. The summed E-state index contributed by atoms with van der Waals surface area (Å²) in [5.74, 6) is 8.66. The number of terminal acetylenes is 3. The number of rotatable bonds is 17. The van der Waals surface area contributed by atoms with Gasteiger partial charge in [0.05, 0.1) is 58.8 Å². The Balaban J connectivity index is 3.06. The van der Waals surface area contributed by atoms with E-state index in [0.717, 1.165) is 0 Å². The van der Waals surface area contributed by atoms with Crippen LogP contribution in [0.5, 0.6) is 0 Å². The first-order valence-electron chi connectivity index (χ1n) is 15.9. The zero-order chi connectivity index (χ0) is 37.1. The van der Waals surface area contributed by atoms with Gasteiger partial charge in [-0.3, -0.25) is 48.8 Å². The predicted molar refractivity (Wildman–Crippen MR) is 184 cm³/mol. The Morgan fingerprint density at radius 2 is 1.12 bits per heavy atom. The Hall–Kier alpha value is -5.14. The van der Waals surface area contributed by atoms with Gasteiger partial charge in [0.25, 0.3) is 0 Å². The molecule has 0 aromatic rings. The number of nitrogens with one attached hydrogen (secondary N) is 6. The Morgan fingerprint density at radius 3 is 1.62 bits per heavy atom. The molecule has 0 saturated carbocycles. The van der Waals surface area contributed by atoms with Gasteiger partial charge in [0.2, 0.25) is 23.6 Å². The number of hydrogen-bond acceptors (Lipinski definition) is 11. The van der Waals surface area contributed by atoms with Crippen molar-refractivity contribution < 1.29 is 39.0 Å². The van der Waals surface area contributed by atoms with E-state index in [1.807, 2.05) is 14.7 Å². The van der Waals surface area contributed by atoms with Gasteiger partial charge < -0.3 is 36.8 Å². The Morgan fingerprint density at radius 1 is 0.660 bits per heavy atom. The summed E-state index contributed by atoms with van der Waals surface area (Å²) < 4.78 is 0. The number of carbonyl (C=O) groups excluding carboxylic acids is 4. The van der Waals surface area contributed by atoms with Crippen LogP contribution in [-0.2, 0) is 28.8 Å². The molecule has 1 unspecified atom stereocenters. The average molecular weight is 698 g/mol. The fourth-order valence-corrected chi connectivity index (χ4v) is 4.67. The van der Waals surface area contributed by atoms with Crippen LogP contribution >= 0.6 is 0 Å². The van der Waals surface area contributed by atoms with E-state index in [2.05, 4.69) is 61.5 Å². The monoisotopic (exact) mass is 697 g/mol. The van der Waals surface area contributed by atoms with Crippen LogP contribution in [0.1, 0.15) is 12.8 Å². The van der Waals surface area contributed by atoms with Gasteiger partial charge in [-0.15, -0.1) is 19.3 Å². The van der Waals surface area contributed by atoms with Crippen molar-refractivity contribution in [2.45, 2.75) is 24.9 Å². The maximum absolute atomic E-state index is 12.9. The second kappa shape index (κ2) is 25.8. The highest BCUT2D eigenvalue weighted by Gasteiger charge is 2.23. The van der Waals surface area contributed by atoms with Crippen molar-refractivity contribution in [3.8, 4) is 48.9 Å². The lowest BCUT2D eigenvalue weighted by Crippen LogP contribution is -2.53. The van der Waals surface area contributed by atoms with Gasteiger partial charge in [-0.1, -0.05) is 29.6 Å². The molecule has 50 heavy (non-hydrogen) atoms. The first-order chi connectivity index (χ1) is 24.0. The third-order valence-corrected chi connectivity index (χ3v) is 7.11. The minimum absolute atomic E-state index is 0.00295. The van der Waals surface area contributed by atoms with Crippen molar-refractivity contribution in [2.75, 3.05) is 98.2 Å². The van der Waals surface area contributed by atoms with E-state index in [1.165, 1.54) is 0 Å². The SMILES string of the molecule is C#CCNC(=O)CN1CCNC(CC(=O)NCC#CCN[C@@H](CC(=O)O)C(=O)O)CN(CC(=O)NCC#C)CCN(CC(=O)NCC#C)CC1. The van der Waals surface area contributed by atoms with Crippen LogP contribution in [0.15, 0.2) is 0 Å². The molecule has 0 radical (unpaired) electrons. The Labute approximate surface area is 293 Å². The summed E-state index contributed by atoms with van der Waals surface area (Å²) in [6, 6.07) is -1.74. The molecule has 1 aliphatic heterocycles. The van der Waals surface area contributed by atoms with Crippen LogP contribution < -0.4 is 31.9 Å². The fraction of sp³-hybridized carbons (Fsp3) is 0.576. The van der Waals surface area contributed by atoms with Crippen LogP contribution in [-0.4, -0.2) is 171 Å². The smallest absolute Gasteiger partial charge is 0.321 e. The van der Waals surface area contributed by atoms with Crippen molar-refractivity contribution in [1.29, 1.82) is 0 Å². The molecule has 272 valence electrons. The molecule has 0 bridgehead atoms. The number of hydrogen-bond donors (Lipinski definition) is 8. The molecule has 17 nitrogen and oxygen atoms in total. The third-order valence-electron chi connectivity index (χ3n) is 7.11. The number of amides is 4. The molecule has 0 aromatic heterocycles. The Kier molecular flexibility index (Phi) is 22.1. The second-order valence-corrected chi connectivity index (χ2v) is 11.1. The lowest BCUT2D eigenvalue weighted by atomic mass is 10.1. The lowest BCUT2D eigenvalue weighted by molar-refractivity contribution is -0.145. The van der Waals surface area contributed by atoms with Gasteiger partial charge in [0, 0.05) is 58.3 Å². The second-order valence-electron chi connectivity index (χ2n) is 11.1. The molecule has 1 fully saturated rings. The van der Waals surface area contributed by atoms with E-state index in [1.54, 1.807) is 0 Å². The van der Waals surface area contributed by atoms with E-state index >= 15 is 0 Å². The third kappa shape index (κ3) is 21.0. The molecule has 17 heteroatoms. The molecular formula is C33H47N9O8. The molecule has 8 N–H and O–H groups in total. The van der Waals surface area contributed by atoms with E-state index < -0.39 is 30.4 Å². The Bertz CT molecular complexity index is 1340. The molecule has 4 amide bonds.